The number of rotatable bonds is 4. The van der Waals surface area contributed by atoms with Crippen LogP contribution in [0.15, 0.2) is 0 Å². The summed E-state index contributed by atoms with van der Waals surface area (Å²) in [5.74, 6) is 2.33. The fraction of sp³-hybridized carbons (Fsp3) is 1.00. The van der Waals surface area contributed by atoms with Crippen molar-refractivity contribution in [1.29, 1.82) is 0 Å². The molecule has 1 fully saturated rings. The van der Waals surface area contributed by atoms with Crippen molar-refractivity contribution >= 4 is 11.8 Å². The fourth-order valence-corrected chi connectivity index (χ4v) is 2.28. The van der Waals surface area contributed by atoms with Gasteiger partial charge in [-0.05, 0) is 38.1 Å². The molecule has 1 rings (SSSR count). The Bertz CT molecular complexity index is 108. The highest BCUT2D eigenvalue weighted by Crippen LogP contribution is 2.19. The molecule has 0 aromatic rings. The predicted molar refractivity (Wildman–Crippen MR) is 57.8 cm³/mol. The zero-order valence-corrected chi connectivity index (χ0v) is 9.20. The number of piperidine rings is 1. The van der Waals surface area contributed by atoms with Crippen molar-refractivity contribution in [3.63, 3.8) is 0 Å². The third kappa shape index (κ3) is 3.36. The highest BCUT2D eigenvalue weighted by atomic mass is 32.2. The lowest BCUT2D eigenvalue weighted by Gasteiger charge is -2.31. The van der Waals surface area contributed by atoms with Crippen molar-refractivity contribution in [1.82, 2.24) is 4.90 Å². The first-order chi connectivity index (χ1) is 5.86. The van der Waals surface area contributed by atoms with Crippen molar-refractivity contribution in [3.05, 3.63) is 0 Å². The van der Waals surface area contributed by atoms with Gasteiger partial charge in [0.2, 0.25) is 0 Å². The van der Waals surface area contributed by atoms with Crippen LogP contribution in [-0.4, -0.2) is 36.5 Å². The zero-order valence-electron chi connectivity index (χ0n) is 8.38. The van der Waals surface area contributed by atoms with Crippen LogP contribution in [0.2, 0.25) is 0 Å². The molecule has 0 radical (unpaired) electrons. The van der Waals surface area contributed by atoms with E-state index in [-0.39, 0.29) is 0 Å². The maximum absolute atomic E-state index is 2.61. The van der Waals surface area contributed by atoms with Gasteiger partial charge in [-0.3, -0.25) is 0 Å². The van der Waals surface area contributed by atoms with Gasteiger partial charge in [0.15, 0.2) is 0 Å². The predicted octanol–water partition coefficient (Wildman–Crippen LogP) is 2.47. The molecule has 0 aromatic carbocycles. The van der Waals surface area contributed by atoms with Gasteiger partial charge in [0.05, 0.1) is 0 Å². The summed E-state index contributed by atoms with van der Waals surface area (Å²) in [4.78, 5) is 2.61. The molecule has 1 heterocycles. The van der Waals surface area contributed by atoms with Crippen molar-refractivity contribution in [2.45, 2.75) is 26.2 Å². The van der Waals surface area contributed by atoms with Crippen LogP contribution in [0, 0.1) is 5.92 Å². The van der Waals surface area contributed by atoms with E-state index in [1.54, 1.807) is 0 Å². The minimum absolute atomic E-state index is 1.02. The molecule has 0 atom stereocenters. The maximum Gasteiger partial charge on any atom is 0.00722 e. The second kappa shape index (κ2) is 5.87. The zero-order chi connectivity index (χ0) is 8.81. The first-order valence-electron chi connectivity index (χ1n) is 5.08. The van der Waals surface area contributed by atoms with Crippen LogP contribution >= 0.6 is 11.8 Å². The van der Waals surface area contributed by atoms with E-state index in [9.17, 15) is 0 Å². The second-order valence-corrected chi connectivity index (χ2v) is 4.67. The largest absolute Gasteiger partial charge is 0.302 e. The first kappa shape index (κ1) is 10.4. The van der Waals surface area contributed by atoms with E-state index in [1.165, 1.54) is 44.6 Å². The quantitative estimate of drug-likeness (QED) is 0.665. The van der Waals surface area contributed by atoms with E-state index >= 15 is 0 Å². The number of likely N-dealkylation sites (tertiary alicyclic amines) is 1. The molecule has 0 N–H and O–H groups in total. The Morgan fingerprint density at radius 1 is 1.33 bits per heavy atom. The molecule has 0 spiro atoms. The Balaban J connectivity index is 2.09. The molecule has 0 unspecified atom stereocenters. The lowest BCUT2D eigenvalue weighted by Crippen LogP contribution is -2.35. The highest BCUT2D eigenvalue weighted by Gasteiger charge is 2.16. The minimum atomic E-state index is 1.02. The maximum atomic E-state index is 2.61. The lowest BCUT2D eigenvalue weighted by molar-refractivity contribution is 0.191. The number of nitrogens with zero attached hydrogens (tertiary/aromatic N) is 1. The SMILES string of the molecule is CCC1CCN(CCSC)CC1. The van der Waals surface area contributed by atoms with Crippen LogP contribution in [0.25, 0.3) is 0 Å². The van der Waals surface area contributed by atoms with Crippen molar-refractivity contribution < 1.29 is 0 Å². The van der Waals surface area contributed by atoms with E-state index in [2.05, 4.69) is 18.1 Å². The van der Waals surface area contributed by atoms with Gasteiger partial charge < -0.3 is 4.90 Å². The van der Waals surface area contributed by atoms with Crippen LogP contribution in [0.1, 0.15) is 26.2 Å². The van der Waals surface area contributed by atoms with Gasteiger partial charge in [-0.1, -0.05) is 13.3 Å². The molecule has 1 nitrogen and oxygen atoms in total. The monoisotopic (exact) mass is 187 g/mol. The summed E-state index contributed by atoms with van der Waals surface area (Å²) in [6.45, 7) is 6.32. The summed E-state index contributed by atoms with van der Waals surface area (Å²) in [5.41, 5.74) is 0. The van der Waals surface area contributed by atoms with Gasteiger partial charge in [0, 0.05) is 12.3 Å². The van der Waals surface area contributed by atoms with E-state index in [4.69, 9.17) is 0 Å². The Morgan fingerprint density at radius 3 is 2.50 bits per heavy atom. The highest BCUT2D eigenvalue weighted by molar-refractivity contribution is 7.98. The molecule has 0 aromatic heterocycles. The van der Waals surface area contributed by atoms with E-state index < -0.39 is 0 Å². The van der Waals surface area contributed by atoms with Gasteiger partial charge in [-0.15, -0.1) is 0 Å². The molecule has 0 saturated carbocycles. The van der Waals surface area contributed by atoms with Gasteiger partial charge in [-0.2, -0.15) is 11.8 Å². The summed E-state index contributed by atoms with van der Waals surface area (Å²) in [5, 5.41) is 0. The topological polar surface area (TPSA) is 3.24 Å². The third-order valence-corrected chi connectivity index (χ3v) is 3.49. The van der Waals surface area contributed by atoms with Gasteiger partial charge >= 0.3 is 0 Å². The summed E-state index contributed by atoms with van der Waals surface area (Å²) in [6, 6.07) is 0. The molecule has 12 heavy (non-hydrogen) atoms. The fourth-order valence-electron chi connectivity index (χ4n) is 1.84. The second-order valence-electron chi connectivity index (χ2n) is 3.69. The van der Waals surface area contributed by atoms with Crippen molar-refractivity contribution in [2.24, 2.45) is 5.92 Å². The van der Waals surface area contributed by atoms with Gasteiger partial charge in [-0.25, -0.2) is 0 Å². The van der Waals surface area contributed by atoms with E-state index in [1.807, 2.05) is 11.8 Å². The van der Waals surface area contributed by atoms with Crippen LogP contribution in [0.3, 0.4) is 0 Å². The van der Waals surface area contributed by atoms with E-state index in [0.29, 0.717) is 0 Å². The number of hydrogen-bond acceptors (Lipinski definition) is 2. The van der Waals surface area contributed by atoms with E-state index in [0.717, 1.165) is 5.92 Å². The van der Waals surface area contributed by atoms with Crippen molar-refractivity contribution in [3.8, 4) is 0 Å². The van der Waals surface area contributed by atoms with Crippen molar-refractivity contribution in [2.75, 3.05) is 31.6 Å². The third-order valence-electron chi connectivity index (χ3n) is 2.90. The molecular weight excluding hydrogens is 166 g/mol. The normalized spacial score (nSPS) is 21.5. The Morgan fingerprint density at radius 2 is 2.00 bits per heavy atom. The minimum Gasteiger partial charge on any atom is -0.302 e. The average Bonchev–Trinajstić information content (AvgIpc) is 2.15. The molecule has 0 bridgehead atoms. The molecule has 1 aliphatic heterocycles. The molecule has 0 aliphatic carbocycles. The summed E-state index contributed by atoms with van der Waals surface area (Å²) >= 11 is 1.96. The van der Waals surface area contributed by atoms with Gasteiger partial charge in [0.1, 0.15) is 0 Å². The molecular formula is C10H21NS. The molecule has 0 amide bonds. The summed E-state index contributed by atoms with van der Waals surface area (Å²) in [7, 11) is 0. The molecule has 1 saturated heterocycles. The standard InChI is InChI=1S/C10H21NS/c1-3-10-4-6-11(7-5-10)8-9-12-2/h10H,3-9H2,1-2H3. The Labute approximate surface area is 80.9 Å². The Kier molecular flexibility index (Phi) is 5.08. The average molecular weight is 187 g/mol. The van der Waals surface area contributed by atoms with Gasteiger partial charge in [0.25, 0.3) is 0 Å². The molecule has 72 valence electrons. The van der Waals surface area contributed by atoms with Crippen LogP contribution in [0.4, 0.5) is 0 Å². The summed E-state index contributed by atoms with van der Waals surface area (Å²) < 4.78 is 0. The molecule has 1 aliphatic rings. The number of hydrogen-bond donors (Lipinski definition) is 0. The van der Waals surface area contributed by atoms with Crippen LogP contribution in [-0.2, 0) is 0 Å². The van der Waals surface area contributed by atoms with Crippen LogP contribution in [0.5, 0.6) is 0 Å². The lowest BCUT2D eigenvalue weighted by atomic mass is 9.94. The molecule has 2 heteroatoms. The first-order valence-corrected chi connectivity index (χ1v) is 6.47. The summed E-state index contributed by atoms with van der Waals surface area (Å²) in [6.07, 6.45) is 6.45. The van der Waals surface area contributed by atoms with Crippen LogP contribution < -0.4 is 0 Å². The number of thioether (sulfide) groups is 1. The Hall–Kier alpha value is 0.310. The smallest absolute Gasteiger partial charge is 0.00722 e.